The van der Waals surface area contributed by atoms with Crippen LogP contribution in [-0.2, 0) is 0 Å². The number of rotatable bonds is 4. The first-order valence-electron chi connectivity index (χ1n) is 8.45. The van der Waals surface area contributed by atoms with Gasteiger partial charge in [0.05, 0.1) is 17.0 Å². The molecule has 0 spiro atoms. The maximum atomic E-state index is 11.0. The molecule has 2 heterocycles. The number of carbonyl (C=O) groups is 1. The minimum atomic E-state index is -0.916. The zero-order chi connectivity index (χ0) is 17.1. The van der Waals surface area contributed by atoms with Gasteiger partial charge in [0, 0.05) is 36.5 Å². The van der Waals surface area contributed by atoms with E-state index in [-0.39, 0.29) is 5.56 Å². The van der Waals surface area contributed by atoms with Crippen LogP contribution in [0.25, 0.3) is 11.3 Å². The number of carboxylic acid groups (broad SMARTS) is 1. The highest BCUT2D eigenvalue weighted by molar-refractivity contribution is 5.88. The molecule has 1 saturated heterocycles. The number of carboxylic acids is 1. The van der Waals surface area contributed by atoms with Crippen LogP contribution in [0, 0.1) is 0 Å². The number of nitrogens with zero attached hydrogens (tertiary/aromatic N) is 3. The standard InChI is InChI=1S/C19H23N3O2/c1-13(2)22-11-3-4-16(12-22)18-17(20-9-10-21-18)14-5-7-15(8-6-14)19(23)24/h5-10,13,16H,3-4,11-12H2,1-2H3,(H,23,24). The van der Waals surface area contributed by atoms with E-state index in [1.54, 1.807) is 24.5 Å². The molecule has 0 aliphatic carbocycles. The topological polar surface area (TPSA) is 66.3 Å². The van der Waals surface area contributed by atoms with Crippen molar-refractivity contribution in [2.24, 2.45) is 0 Å². The molecule has 1 fully saturated rings. The Morgan fingerprint density at radius 1 is 1.21 bits per heavy atom. The van der Waals surface area contributed by atoms with E-state index in [4.69, 9.17) is 5.11 Å². The first-order valence-corrected chi connectivity index (χ1v) is 8.45. The summed E-state index contributed by atoms with van der Waals surface area (Å²) in [4.78, 5) is 22.7. The molecule has 1 N–H and O–H groups in total. The second-order valence-electron chi connectivity index (χ2n) is 6.60. The van der Waals surface area contributed by atoms with Gasteiger partial charge in [-0.05, 0) is 45.4 Å². The van der Waals surface area contributed by atoms with Crippen LogP contribution in [0.2, 0.25) is 0 Å². The van der Waals surface area contributed by atoms with Crippen LogP contribution in [0.1, 0.15) is 48.7 Å². The van der Waals surface area contributed by atoms with Gasteiger partial charge in [0.15, 0.2) is 0 Å². The van der Waals surface area contributed by atoms with Crippen molar-refractivity contribution in [1.29, 1.82) is 0 Å². The molecular weight excluding hydrogens is 302 g/mol. The predicted octanol–water partition coefficient (Wildman–Crippen LogP) is 3.43. The van der Waals surface area contributed by atoms with Crippen molar-refractivity contribution in [3.63, 3.8) is 0 Å². The van der Waals surface area contributed by atoms with Crippen LogP contribution >= 0.6 is 0 Å². The number of hydrogen-bond acceptors (Lipinski definition) is 4. The second-order valence-corrected chi connectivity index (χ2v) is 6.60. The lowest BCUT2D eigenvalue weighted by molar-refractivity contribution is 0.0697. The Labute approximate surface area is 142 Å². The van der Waals surface area contributed by atoms with E-state index in [9.17, 15) is 4.79 Å². The lowest BCUT2D eigenvalue weighted by Crippen LogP contribution is -2.39. The fourth-order valence-electron chi connectivity index (χ4n) is 3.34. The fourth-order valence-corrected chi connectivity index (χ4v) is 3.34. The quantitative estimate of drug-likeness (QED) is 0.933. The summed E-state index contributed by atoms with van der Waals surface area (Å²) in [5.41, 5.74) is 3.09. The SMILES string of the molecule is CC(C)N1CCCC(c2nccnc2-c2ccc(C(=O)O)cc2)C1. The zero-order valence-corrected chi connectivity index (χ0v) is 14.1. The molecule has 1 aliphatic heterocycles. The third-order valence-corrected chi connectivity index (χ3v) is 4.70. The summed E-state index contributed by atoms with van der Waals surface area (Å²) in [7, 11) is 0. The Morgan fingerprint density at radius 3 is 2.58 bits per heavy atom. The van der Waals surface area contributed by atoms with Crippen LogP contribution in [0.3, 0.4) is 0 Å². The summed E-state index contributed by atoms with van der Waals surface area (Å²) in [6, 6.07) is 7.41. The molecular formula is C19H23N3O2. The summed E-state index contributed by atoms with van der Waals surface area (Å²) in [6.45, 7) is 6.59. The molecule has 24 heavy (non-hydrogen) atoms. The van der Waals surface area contributed by atoms with Crippen LogP contribution in [-0.4, -0.2) is 45.1 Å². The van der Waals surface area contributed by atoms with Crippen LogP contribution in [0.15, 0.2) is 36.7 Å². The first kappa shape index (κ1) is 16.6. The Hall–Kier alpha value is -2.27. The van der Waals surface area contributed by atoms with E-state index in [1.165, 1.54) is 0 Å². The number of aromatic carboxylic acids is 1. The molecule has 5 nitrogen and oxygen atoms in total. The number of piperidine rings is 1. The summed E-state index contributed by atoms with van der Waals surface area (Å²) >= 11 is 0. The first-order chi connectivity index (χ1) is 11.6. The lowest BCUT2D eigenvalue weighted by atomic mass is 9.90. The molecule has 126 valence electrons. The summed E-state index contributed by atoms with van der Waals surface area (Å²) in [5.74, 6) is -0.551. The van der Waals surface area contributed by atoms with Crippen molar-refractivity contribution < 1.29 is 9.90 Å². The van der Waals surface area contributed by atoms with Gasteiger partial charge in [-0.1, -0.05) is 12.1 Å². The summed E-state index contributed by atoms with van der Waals surface area (Å²) < 4.78 is 0. The summed E-state index contributed by atoms with van der Waals surface area (Å²) in [6.07, 6.45) is 5.73. The highest BCUT2D eigenvalue weighted by Gasteiger charge is 2.26. The third-order valence-electron chi connectivity index (χ3n) is 4.70. The van der Waals surface area contributed by atoms with Gasteiger partial charge in [-0.25, -0.2) is 4.79 Å². The van der Waals surface area contributed by atoms with Gasteiger partial charge >= 0.3 is 5.97 Å². The van der Waals surface area contributed by atoms with E-state index < -0.39 is 5.97 Å². The molecule has 1 aromatic carbocycles. The molecule has 0 saturated carbocycles. The van der Waals surface area contributed by atoms with Crippen molar-refractivity contribution in [3.05, 3.63) is 47.9 Å². The van der Waals surface area contributed by atoms with E-state index in [0.717, 1.165) is 42.9 Å². The normalized spacial score (nSPS) is 18.7. The van der Waals surface area contributed by atoms with E-state index >= 15 is 0 Å². The van der Waals surface area contributed by atoms with Gasteiger partial charge in [-0.2, -0.15) is 0 Å². The Morgan fingerprint density at radius 2 is 1.92 bits per heavy atom. The van der Waals surface area contributed by atoms with Crippen molar-refractivity contribution in [2.45, 2.75) is 38.6 Å². The largest absolute Gasteiger partial charge is 0.478 e. The van der Waals surface area contributed by atoms with Gasteiger partial charge in [0.2, 0.25) is 0 Å². The van der Waals surface area contributed by atoms with Crippen molar-refractivity contribution in [2.75, 3.05) is 13.1 Å². The Balaban J connectivity index is 1.91. The Bertz CT molecular complexity index is 713. The number of aromatic nitrogens is 2. The number of benzene rings is 1. The highest BCUT2D eigenvalue weighted by atomic mass is 16.4. The van der Waals surface area contributed by atoms with E-state index in [0.29, 0.717) is 12.0 Å². The molecule has 3 rings (SSSR count). The van der Waals surface area contributed by atoms with Gasteiger partial charge in [-0.3, -0.25) is 9.97 Å². The van der Waals surface area contributed by atoms with Gasteiger partial charge in [-0.15, -0.1) is 0 Å². The second kappa shape index (κ2) is 7.09. The van der Waals surface area contributed by atoms with Crippen molar-refractivity contribution in [3.8, 4) is 11.3 Å². The van der Waals surface area contributed by atoms with Crippen molar-refractivity contribution in [1.82, 2.24) is 14.9 Å². The van der Waals surface area contributed by atoms with Gasteiger partial charge in [0.25, 0.3) is 0 Å². The molecule has 2 aromatic rings. The molecule has 0 bridgehead atoms. The third kappa shape index (κ3) is 3.46. The van der Waals surface area contributed by atoms with Gasteiger partial charge in [0.1, 0.15) is 0 Å². The van der Waals surface area contributed by atoms with Crippen LogP contribution < -0.4 is 0 Å². The maximum Gasteiger partial charge on any atom is 0.335 e. The average Bonchev–Trinajstić information content (AvgIpc) is 2.62. The highest BCUT2D eigenvalue weighted by Crippen LogP contribution is 2.32. The fraction of sp³-hybridized carbons (Fsp3) is 0.421. The average molecular weight is 325 g/mol. The van der Waals surface area contributed by atoms with E-state index in [2.05, 4.69) is 28.7 Å². The van der Waals surface area contributed by atoms with Crippen LogP contribution in [0.4, 0.5) is 0 Å². The lowest BCUT2D eigenvalue weighted by Gasteiger charge is -2.35. The Kier molecular flexibility index (Phi) is 4.90. The summed E-state index contributed by atoms with van der Waals surface area (Å²) in [5, 5.41) is 9.05. The molecule has 5 heteroatoms. The number of hydrogen-bond donors (Lipinski definition) is 1. The molecule has 1 atom stereocenters. The van der Waals surface area contributed by atoms with E-state index in [1.807, 2.05) is 12.1 Å². The molecule has 1 aromatic heterocycles. The predicted molar refractivity (Wildman–Crippen MR) is 93.1 cm³/mol. The molecule has 0 amide bonds. The monoisotopic (exact) mass is 325 g/mol. The minimum Gasteiger partial charge on any atom is -0.478 e. The maximum absolute atomic E-state index is 11.0. The zero-order valence-electron chi connectivity index (χ0n) is 14.1. The smallest absolute Gasteiger partial charge is 0.335 e. The molecule has 0 radical (unpaired) electrons. The van der Waals surface area contributed by atoms with Crippen LogP contribution in [0.5, 0.6) is 0 Å². The molecule has 1 unspecified atom stereocenters. The van der Waals surface area contributed by atoms with Gasteiger partial charge < -0.3 is 10.0 Å². The number of likely N-dealkylation sites (tertiary alicyclic amines) is 1. The molecule has 1 aliphatic rings. The van der Waals surface area contributed by atoms with Crippen molar-refractivity contribution >= 4 is 5.97 Å². The minimum absolute atomic E-state index is 0.285.